The Balaban J connectivity index is 2.13. The average molecular weight is 298 g/mol. The fourth-order valence-electron chi connectivity index (χ4n) is 3.42. The molecule has 0 aromatic rings. The molecule has 1 saturated carbocycles. The van der Waals surface area contributed by atoms with E-state index >= 15 is 0 Å². The van der Waals surface area contributed by atoms with E-state index < -0.39 is 0 Å². The fraction of sp³-hybridized carbons (Fsp3) is 0.867. The Morgan fingerprint density at radius 1 is 1.35 bits per heavy atom. The molecule has 0 spiro atoms. The van der Waals surface area contributed by atoms with Gasteiger partial charge < -0.3 is 10.2 Å². The fourth-order valence-corrected chi connectivity index (χ4v) is 4.24. The van der Waals surface area contributed by atoms with Crippen molar-refractivity contribution < 1.29 is 9.59 Å². The van der Waals surface area contributed by atoms with Gasteiger partial charge >= 0.3 is 0 Å². The van der Waals surface area contributed by atoms with Crippen LogP contribution in [0.3, 0.4) is 0 Å². The number of nitrogens with zero attached hydrogens (tertiary/aromatic N) is 1. The van der Waals surface area contributed by atoms with Gasteiger partial charge in [0.15, 0.2) is 0 Å². The molecular formula is C15H26N2O2S. The number of carbonyl (C=O) groups excluding carboxylic acids is 2. The highest BCUT2D eigenvalue weighted by molar-refractivity contribution is 7.99. The van der Waals surface area contributed by atoms with Crippen molar-refractivity contribution in [3.05, 3.63) is 0 Å². The van der Waals surface area contributed by atoms with Crippen molar-refractivity contribution in [2.24, 2.45) is 0 Å². The van der Waals surface area contributed by atoms with Crippen LogP contribution in [0.1, 0.15) is 52.4 Å². The second-order valence-corrected chi connectivity index (χ2v) is 7.09. The van der Waals surface area contributed by atoms with Gasteiger partial charge in [-0.3, -0.25) is 9.59 Å². The molecule has 114 valence electrons. The van der Waals surface area contributed by atoms with E-state index in [2.05, 4.69) is 11.6 Å². The Labute approximate surface area is 126 Å². The zero-order chi connectivity index (χ0) is 14.7. The zero-order valence-electron chi connectivity index (χ0n) is 12.7. The molecule has 0 aromatic carbocycles. The minimum Gasteiger partial charge on any atom is -0.343 e. The Kier molecular flexibility index (Phi) is 5.35. The normalized spacial score (nSPS) is 35.0. The van der Waals surface area contributed by atoms with E-state index in [4.69, 9.17) is 0 Å². The average Bonchev–Trinajstić information content (AvgIpc) is 2.45. The zero-order valence-corrected chi connectivity index (χ0v) is 13.5. The molecule has 0 aromatic heterocycles. The molecule has 1 aliphatic carbocycles. The van der Waals surface area contributed by atoms with Crippen molar-refractivity contribution in [2.75, 3.05) is 6.26 Å². The molecule has 4 atom stereocenters. The van der Waals surface area contributed by atoms with Crippen LogP contribution in [0.15, 0.2) is 0 Å². The van der Waals surface area contributed by atoms with Gasteiger partial charge in [-0.25, -0.2) is 0 Å². The van der Waals surface area contributed by atoms with Crippen LogP contribution in [0.25, 0.3) is 0 Å². The van der Waals surface area contributed by atoms with Crippen molar-refractivity contribution in [3.8, 4) is 0 Å². The van der Waals surface area contributed by atoms with Crippen LogP contribution in [0, 0.1) is 0 Å². The molecule has 1 N–H and O–H groups in total. The molecule has 4 nitrogen and oxygen atoms in total. The summed E-state index contributed by atoms with van der Waals surface area (Å²) in [5, 5.41) is 3.50. The molecule has 1 saturated heterocycles. The highest BCUT2D eigenvalue weighted by Gasteiger charge is 2.42. The van der Waals surface area contributed by atoms with Gasteiger partial charge in [-0.05, 0) is 38.9 Å². The van der Waals surface area contributed by atoms with Crippen LogP contribution in [0.4, 0.5) is 0 Å². The predicted octanol–water partition coefficient (Wildman–Crippen LogP) is 2.18. The van der Waals surface area contributed by atoms with E-state index in [1.807, 2.05) is 30.5 Å². The van der Waals surface area contributed by atoms with Crippen molar-refractivity contribution in [1.82, 2.24) is 10.2 Å². The number of hydrogen-bond donors (Lipinski definition) is 1. The summed E-state index contributed by atoms with van der Waals surface area (Å²) < 4.78 is 0. The number of nitrogens with one attached hydrogen (secondary N) is 1. The Morgan fingerprint density at radius 2 is 2.10 bits per heavy atom. The minimum atomic E-state index is -0.318. The van der Waals surface area contributed by atoms with Crippen molar-refractivity contribution in [1.29, 1.82) is 0 Å². The minimum absolute atomic E-state index is 0.00863. The molecular weight excluding hydrogens is 272 g/mol. The van der Waals surface area contributed by atoms with E-state index in [1.54, 1.807) is 0 Å². The van der Waals surface area contributed by atoms with Gasteiger partial charge in [-0.1, -0.05) is 19.8 Å². The van der Waals surface area contributed by atoms with Crippen molar-refractivity contribution in [3.63, 3.8) is 0 Å². The first-order valence-corrected chi connectivity index (χ1v) is 9.02. The number of thioether (sulfide) groups is 1. The van der Waals surface area contributed by atoms with Gasteiger partial charge in [-0.15, -0.1) is 0 Å². The Bertz CT molecular complexity index is 375. The van der Waals surface area contributed by atoms with E-state index in [0.717, 1.165) is 32.1 Å². The molecule has 0 radical (unpaired) electrons. The summed E-state index contributed by atoms with van der Waals surface area (Å²) in [6.45, 7) is 3.91. The van der Waals surface area contributed by atoms with E-state index in [-0.39, 0.29) is 29.9 Å². The van der Waals surface area contributed by atoms with Gasteiger partial charge in [0.25, 0.3) is 0 Å². The van der Waals surface area contributed by atoms with Crippen LogP contribution in [0.5, 0.6) is 0 Å². The first-order chi connectivity index (χ1) is 9.58. The van der Waals surface area contributed by atoms with Crippen LogP contribution < -0.4 is 5.32 Å². The van der Waals surface area contributed by atoms with Crippen LogP contribution in [0.2, 0.25) is 0 Å². The summed E-state index contributed by atoms with van der Waals surface area (Å²) in [5.41, 5.74) is 0. The van der Waals surface area contributed by atoms with Crippen LogP contribution in [-0.2, 0) is 9.59 Å². The Hall–Kier alpha value is -0.710. The molecule has 0 bridgehead atoms. The topological polar surface area (TPSA) is 49.4 Å². The summed E-state index contributed by atoms with van der Waals surface area (Å²) in [5.74, 6) is 0.139. The number of piperazine rings is 1. The lowest BCUT2D eigenvalue weighted by atomic mass is 9.90. The molecule has 5 heteroatoms. The number of rotatable bonds is 4. The van der Waals surface area contributed by atoms with Crippen molar-refractivity contribution in [2.45, 2.75) is 75.7 Å². The van der Waals surface area contributed by atoms with E-state index in [0.29, 0.717) is 5.25 Å². The van der Waals surface area contributed by atoms with E-state index in [9.17, 15) is 9.59 Å². The number of carbonyl (C=O) groups is 2. The largest absolute Gasteiger partial charge is 0.343 e. The lowest BCUT2D eigenvalue weighted by Crippen LogP contribution is -2.65. The third-order valence-electron chi connectivity index (χ3n) is 4.57. The second kappa shape index (κ2) is 6.83. The highest BCUT2D eigenvalue weighted by Crippen LogP contribution is 2.32. The molecule has 2 rings (SSSR count). The molecule has 1 heterocycles. The van der Waals surface area contributed by atoms with Gasteiger partial charge in [0.2, 0.25) is 11.8 Å². The SMILES string of the molecule is CCCC1NC(=O)C(C)N(C2CCCC(SC)C2)C1=O. The van der Waals surface area contributed by atoms with Gasteiger partial charge in [0.1, 0.15) is 12.1 Å². The smallest absolute Gasteiger partial charge is 0.246 e. The maximum absolute atomic E-state index is 12.7. The molecule has 1 aliphatic heterocycles. The first kappa shape index (κ1) is 15.7. The number of amides is 2. The lowest BCUT2D eigenvalue weighted by Gasteiger charge is -2.44. The molecule has 2 aliphatic rings. The lowest BCUT2D eigenvalue weighted by molar-refractivity contribution is -0.152. The van der Waals surface area contributed by atoms with Gasteiger partial charge in [-0.2, -0.15) is 11.8 Å². The van der Waals surface area contributed by atoms with Crippen molar-refractivity contribution >= 4 is 23.6 Å². The third-order valence-corrected chi connectivity index (χ3v) is 5.66. The summed E-state index contributed by atoms with van der Waals surface area (Å²) in [7, 11) is 0. The third kappa shape index (κ3) is 3.13. The number of hydrogen-bond acceptors (Lipinski definition) is 3. The predicted molar refractivity (Wildman–Crippen MR) is 82.7 cm³/mol. The quantitative estimate of drug-likeness (QED) is 0.865. The standard InChI is InChI=1S/C15H26N2O2S/c1-4-6-13-15(19)17(10(2)14(18)16-13)11-7-5-8-12(9-11)20-3/h10-13H,4-9H2,1-3H3,(H,16,18). The van der Waals surface area contributed by atoms with E-state index in [1.165, 1.54) is 6.42 Å². The van der Waals surface area contributed by atoms with Crippen LogP contribution in [-0.4, -0.2) is 46.3 Å². The Morgan fingerprint density at radius 3 is 2.75 bits per heavy atom. The monoisotopic (exact) mass is 298 g/mol. The maximum atomic E-state index is 12.7. The highest BCUT2D eigenvalue weighted by atomic mass is 32.2. The molecule has 2 amide bonds. The first-order valence-electron chi connectivity index (χ1n) is 7.73. The van der Waals surface area contributed by atoms with Crippen LogP contribution >= 0.6 is 11.8 Å². The summed E-state index contributed by atoms with van der Waals surface area (Å²) >= 11 is 1.89. The molecule has 4 unspecified atom stereocenters. The van der Waals surface area contributed by atoms with Gasteiger partial charge in [0.05, 0.1) is 0 Å². The maximum Gasteiger partial charge on any atom is 0.246 e. The summed E-state index contributed by atoms with van der Waals surface area (Å²) in [4.78, 5) is 26.7. The second-order valence-electron chi connectivity index (χ2n) is 5.95. The molecule has 20 heavy (non-hydrogen) atoms. The molecule has 2 fully saturated rings. The van der Waals surface area contributed by atoms with Gasteiger partial charge in [0, 0.05) is 11.3 Å². The summed E-state index contributed by atoms with van der Waals surface area (Å²) in [6, 6.07) is -0.381. The summed E-state index contributed by atoms with van der Waals surface area (Å²) in [6.07, 6.45) is 8.26.